The molecule has 0 unspecified atom stereocenters. The van der Waals surface area contributed by atoms with Gasteiger partial charge in [-0.25, -0.2) is 0 Å². The number of nitrogens with zero attached hydrogens (tertiary/aromatic N) is 2. The van der Waals surface area contributed by atoms with Gasteiger partial charge in [-0.05, 0) is 43.4 Å². The third kappa shape index (κ3) is 7.49. The summed E-state index contributed by atoms with van der Waals surface area (Å²) >= 11 is 0. The van der Waals surface area contributed by atoms with Crippen molar-refractivity contribution in [2.24, 2.45) is 0 Å². The number of nitrogens with one attached hydrogen (secondary N) is 2. The Morgan fingerprint density at radius 2 is 1.39 bits per heavy atom. The van der Waals surface area contributed by atoms with Crippen LogP contribution in [0.1, 0.15) is 23.1 Å². The third-order valence-corrected chi connectivity index (χ3v) is 5.75. The quantitative estimate of drug-likeness (QED) is 0.610. The lowest BCUT2D eigenvalue weighted by Crippen LogP contribution is -2.51. The Balaban J connectivity index is 1.31. The maximum Gasteiger partial charge on any atom is 0.238 e. The molecule has 1 fully saturated rings. The predicted octanol–water partition coefficient (Wildman–Crippen LogP) is 2.61. The van der Waals surface area contributed by atoms with Gasteiger partial charge in [-0.15, -0.1) is 0 Å². The summed E-state index contributed by atoms with van der Waals surface area (Å²) in [6.07, 6.45) is 1.92. The molecule has 31 heavy (non-hydrogen) atoms. The van der Waals surface area contributed by atoms with E-state index in [9.17, 15) is 9.59 Å². The molecule has 1 aliphatic heterocycles. The molecular formula is C25H34N4O2. The topological polar surface area (TPSA) is 64.7 Å². The van der Waals surface area contributed by atoms with Crippen molar-refractivity contribution < 1.29 is 9.59 Å². The number of carbonyl (C=O) groups excluding carboxylic acids is 2. The van der Waals surface area contributed by atoms with Crippen molar-refractivity contribution in [1.29, 1.82) is 0 Å². The highest BCUT2D eigenvalue weighted by molar-refractivity contribution is 5.93. The van der Waals surface area contributed by atoms with Gasteiger partial charge in [0.2, 0.25) is 11.8 Å². The van der Waals surface area contributed by atoms with Crippen molar-refractivity contribution >= 4 is 17.5 Å². The molecule has 166 valence electrons. The van der Waals surface area contributed by atoms with Gasteiger partial charge < -0.3 is 10.6 Å². The average Bonchev–Trinajstić information content (AvgIpc) is 2.76. The average molecular weight is 423 g/mol. The van der Waals surface area contributed by atoms with Crippen molar-refractivity contribution in [3.63, 3.8) is 0 Å². The number of anilines is 1. The fourth-order valence-electron chi connectivity index (χ4n) is 3.92. The second-order valence-electron chi connectivity index (χ2n) is 8.31. The first-order valence-electron chi connectivity index (χ1n) is 11.1. The van der Waals surface area contributed by atoms with Crippen molar-refractivity contribution in [3.8, 4) is 0 Å². The van der Waals surface area contributed by atoms with Gasteiger partial charge in [0, 0.05) is 38.4 Å². The van der Waals surface area contributed by atoms with Crippen LogP contribution in [0.2, 0.25) is 0 Å². The van der Waals surface area contributed by atoms with Gasteiger partial charge in [-0.3, -0.25) is 19.4 Å². The number of benzene rings is 2. The molecule has 2 aromatic carbocycles. The summed E-state index contributed by atoms with van der Waals surface area (Å²) in [5, 5.41) is 6.07. The zero-order chi connectivity index (χ0) is 22.1. The molecule has 0 spiro atoms. The van der Waals surface area contributed by atoms with Crippen LogP contribution in [0.3, 0.4) is 0 Å². The van der Waals surface area contributed by atoms with Crippen molar-refractivity contribution in [2.75, 3.05) is 51.1 Å². The van der Waals surface area contributed by atoms with Crippen LogP contribution in [-0.2, 0) is 16.0 Å². The Labute approximate surface area is 185 Å². The summed E-state index contributed by atoms with van der Waals surface area (Å²) in [6, 6.07) is 16.3. The monoisotopic (exact) mass is 422 g/mol. The number of amides is 2. The molecule has 2 aromatic rings. The minimum absolute atomic E-state index is 0.0157. The molecule has 3 rings (SSSR count). The molecule has 0 aromatic heterocycles. The lowest BCUT2D eigenvalue weighted by Gasteiger charge is -2.33. The number of carbonyl (C=O) groups is 2. The van der Waals surface area contributed by atoms with Gasteiger partial charge >= 0.3 is 0 Å². The molecule has 2 amide bonds. The van der Waals surface area contributed by atoms with Crippen LogP contribution in [0.15, 0.2) is 48.5 Å². The number of aryl methyl sites for hydroxylation is 3. The maximum atomic E-state index is 12.5. The minimum Gasteiger partial charge on any atom is -0.355 e. The van der Waals surface area contributed by atoms with E-state index in [0.29, 0.717) is 19.6 Å². The minimum atomic E-state index is 0.0157. The Morgan fingerprint density at radius 1 is 0.806 bits per heavy atom. The van der Waals surface area contributed by atoms with E-state index in [4.69, 9.17) is 0 Å². The fraction of sp³-hybridized carbons (Fsp3) is 0.440. The summed E-state index contributed by atoms with van der Waals surface area (Å²) in [5.74, 6) is 0.0938. The first kappa shape index (κ1) is 23.0. The molecule has 1 aliphatic rings. The molecule has 0 atom stereocenters. The predicted molar refractivity (Wildman–Crippen MR) is 125 cm³/mol. The van der Waals surface area contributed by atoms with Crippen LogP contribution in [0.5, 0.6) is 0 Å². The zero-order valence-corrected chi connectivity index (χ0v) is 18.7. The van der Waals surface area contributed by atoms with Gasteiger partial charge in [0.05, 0.1) is 13.1 Å². The molecule has 1 saturated heterocycles. The lowest BCUT2D eigenvalue weighted by atomic mass is 10.1. The summed E-state index contributed by atoms with van der Waals surface area (Å²) in [5.41, 5.74) is 4.37. The number of hydrogen-bond acceptors (Lipinski definition) is 4. The van der Waals surface area contributed by atoms with Gasteiger partial charge in [0.25, 0.3) is 0 Å². The van der Waals surface area contributed by atoms with Crippen LogP contribution < -0.4 is 10.6 Å². The molecule has 0 aliphatic carbocycles. The first-order chi connectivity index (χ1) is 15.0. The van der Waals surface area contributed by atoms with E-state index in [2.05, 4.69) is 32.6 Å². The van der Waals surface area contributed by atoms with E-state index in [0.717, 1.165) is 55.8 Å². The Bertz CT molecular complexity index is 841. The van der Waals surface area contributed by atoms with Crippen LogP contribution in [0.4, 0.5) is 5.69 Å². The Hall–Kier alpha value is -2.70. The highest BCUT2D eigenvalue weighted by Crippen LogP contribution is 2.19. The standard InChI is InChI=1S/C25H34N4O2/c1-20-8-6-9-21(2)25(20)27-24(31)19-29-16-14-28(15-17-29)18-23(30)26-13-7-12-22-10-4-3-5-11-22/h3-6,8-11H,7,12-19H2,1-2H3,(H,26,30)(H,27,31). The molecule has 6 nitrogen and oxygen atoms in total. The van der Waals surface area contributed by atoms with Crippen LogP contribution in [0, 0.1) is 13.8 Å². The highest BCUT2D eigenvalue weighted by Gasteiger charge is 2.21. The number of hydrogen-bond donors (Lipinski definition) is 2. The van der Waals surface area contributed by atoms with E-state index in [-0.39, 0.29) is 11.8 Å². The van der Waals surface area contributed by atoms with Gasteiger partial charge in [0.1, 0.15) is 0 Å². The van der Waals surface area contributed by atoms with Crippen molar-refractivity contribution in [1.82, 2.24) is 15.1 Å². The maximum absolute atomic E-state index is 12.5. The molecule has 0 radical (unpaired) electrons. The van der Waals surface area contributed by atoms with Crippen molar-refractivity contribution in [3.05, 3.63) is 65.2 Å². The molecule has 0 saturated carbocycles. The fourth-order valence-corrected chi connectivity index (χ4v) is 3.92. The van der Waals surface area contributed by atoms with E-state index in [1.165, 1.54) is 5.56 Å². The highest BCUT2D eigenvalue weighted by atomic mass is 16.2. The molecule has 2 N–H and O–H groups in total. The molecule has 0 bridgehead atoms. The Kier molecular flexibility index (Phi) is 8.62. The van der Waals surface area contributed by atoms with Gasteiger partial charge in [0.15, 0.2) is 0 Å². The Morgan fingerprint density at radius 3 is 2.00 bits per heavy atom. The molecule has 1 heterocycles. The van der Waals surface area contributed by atoms with Crippen LogP contribution in [0.25, 0.3) is 0 Å². The van der Waals surface area contributed by atoms with Crippen LogP contribution in [-0.4, -0.2) is 67.4 Å². The van der Waals surface area contributed by atoms with Crippen LogP contribution >= 0.6 is 0 Å². The number of piperazine rings is 1. The van der Waals surface area contributed by atoms with E-state index in [1.807, 2.05) is 50.2 Å². The summed E-state index contributed by atoms with van der Waals surface area (Å²) in [4.78, 5) is 29.0. The van der Waals surface area contributed by atoms with Crippen molar-refractivity contribution in [2.45, 2.75) is 26.7 Å². The number of para-hydroxylation sites is 1. The summed E-state index contributed by atoms with van der Waals surface area (Å²) < 4.78 is 0. The summed E-state index contributed by atoms with van der Waals surface area (Å²) in [6.45, 7) is 8.71. The largest absolute Gasteiger partial charge is 0.355 e. The van der Waals surface area contributed by atoms with E-state index < -0.39 is 0 Å². The SMILES string of the molecule is Cc1cccc(C)c1NC(=O)CN1CCN(CC(=O)NCCCc2ccccc2)CC1. The smallest absolute Gasteiger partial charge is 0.238 e. The third-order valence-electron chi connectivity index (χ3n) is 5.75. The molecular weight excluding hydrogens is 388 g/mol. The second kappa shape index (κ2) is 11.6. The molecule has 6 heteroatoms. The van der Waals surface area contributed by atoms with Gasteiger partial charge in [-0.1, -0.05) is 48.5 Å². The second-order valence-corrected chi connectivity index (χ2v) is 8.31. The first-order valence-corrected chi connectivity index (χ1v) is 11.1. The van der Waals surface area contributed by atoms with E-state index in [1.54, 1.807) is 0 Å². The number of rotatable bonds is 9. The lowest BCUT2D eigenvalue weighted by molar-refractivity contribution is -0.123. The van der Waals surface area contributed by atoms with E-state index >= 15 is 0 Å². The van der Waals surface area contributed by atoms with Gasteiger partial charge in [-0.2, -0.15) is 0 Å². The summed E-state index contributed by atoms with van der Waals surface area (Å²) in [7, 11) is 0. The zero-order valence-electron chi connectivity index (χ0n) is 18.7. The normalized spacial score (nSPS) is 14.9.